The van der Waals surface area contributed by atoms with Gasteiger partial charge in [-0.3, -0.25) is 23.5 Å². The Morgan fingerprint density at radius 1 is 1.05 bits per heavy atom. The lowest BCUT2D eigenvalue weighted by molar-refractivity contribution is -0.142. The van der Waals surface area contributed by atoms with Crippen LogP contribution < -0.4 is 21.7 Å². The lowest BCUT2D eigenvalue weighted by Gasteiger charge is -2.38. The first-order valence-corrected chi connectivity index (χ1v) is 16.5. The van der Waals surface area contributed by atoms with Gasteiger partial charge < -0.3 is 26.6 Å². The summed E-state index contributed by atoms with van der Waals surface area (Å²) >= 11 is 1.70. The van der Waals surface area contributed by atoms with Crippen LogP contribution in [0.2, 0.25) is 0 Å². The Morgan fingerprint density at radius 2 is 1.63 bits per heavy atom. The van der Waals surface area contributed by atoms with E-state index in [1.165, 1.54) is 13.3 Å². The highest BCUT2D eigenvalue weighted by Crippen LogP contribution is 2.32. The highest BCUT2D eigenvalue weighted by molar-refractivity contribution is 7.96. The SMILES string of the molecule is CCSN(C)CC(NC(=O)NC(C(=O)N1CC(C)CC1C(=O)NC(CC1CCC1)C(C)=O)C(C)(C)C)C(C)(C)C.NC=O. The number of hydrogen-bond acceptors (Lipinski definition) is 7. The lowest BCUT2D eigenvalue weighted by Crippen LogP contribution is -2.61. The third kappa shape index (κ3) is 12.7. The number of hydrogen-bond donors (Lipinski definition) is 4. The standard InChI is InChI=1S/C30H55N5O4S.CH3NO/c1-11-40-34(10)18-24(29(4,5)6)32-28(39)33-25(30(7,8)9)27(38)35-17-19(2)15-23(35)26(37)31-22(20(3)36)16-21-13-12-14-21;2-1-3/h19,21-25H,11-18H2,1-10H3,(H,31,37)(H2,32,33,39);1H,(H2,2,3). The van der Waals surface area contributed by atoms with Gasteiger partial charge in [-0.25, -0.2) is 4.79 Å². The number of nitrogens with one attached hydrogen (secondary N) is 3. The van der Waals surface area contributed by atoms with Crippen LogP contribution in [0.3, 0.4) is 0 Å². The summed E-state index contributed by atoms with van der Waals surface area (Å²) in [6.45, 7) is 18.7. The number of nitrogens with two attached hydrogens (primary N) is 1. The van der Waals surface area contributed by atoms with E-state index in [4.69, 9.17) is 4.79 Å². The van der Waals surface area contributed by atoms with Gasteiger partial charge in [-0.2, -0.15) is 0 Å². The van der Waals surface area contributed by atoms with E-state index in [0.717, 1.165) is 18.6 Å². The van der Waals surface area contributed by atoms with Crippen molar-refractivity contribution < 1.29 is 24.0 Å². The van der Waals surface area contributed by atoms with Crippen molar-refractivity contribution in [3.8, 4) is 0 Å². The molecule has 11 nitrogen and oxygen atoms in total. The van der Waals surface area contributed by atoms with Crippen LogP contribution in [0.4, 0.5) is 4.79 Å². The summed E-state index contributed by atoms with van der Waals surface area (Å²) in [5.41, 5.74) is 3.39. The molecule has 248 valence electrons. The van der Waals surface area contributed by atoms with Crippen molar-refractivity contribution in [1.82, 2.24) is 25.2 Å². The van der Waals surface area contributed by atoms with Crippen LogP contribution in [0.15, 0.2) is 0 Å². The molecule has 1 aliphatic carbocycles. The van der Waals surface area contributed by atoms with Gasteiger partial charge in [0.05, 0.1) is 6.04 Å². The monoisotopic (exact) mass is 626 g/mol. The number of urea groups is 1. The molecule has 0 spiro atoms. The second-order valence-electron chi connectivity index (χ2n) is 14.3. The molecule has 12 heteroatoms. The van der Waals surface area contributed by atoms with E-state index in [2.05, 4.69) is 53.7 Å². The quantitative estimate of drug-likeness (QED) is 0.191. The van der Waals surface area contributed by atoms with Crippen molar-refractivity contribution in [1.29, 1.82) is 0 Å². The molecule has 1 aliphatic heterocycles. The number of nitrogens with zero attached hydrogens (tertiary/aromatic N) is 2. The van der Waals surface area contributed by atoms with Gasteiger partial charge in [-0.1, -0.05) is 86.6 Å². The fraction of sp³-hybridized carbons (Fsp3) is 0.839. The average molecular weight is 627 g/mol. The summed E-state index contributed by atoms with van der Waals surface area (Å²) in [5.74, 6) is 0.950. The molecule has 1 saturated carbocycles. The maximum atomic E-state index is 14.0. The molecule has 0 aromatic carbocycles. The zero-order valence-corrected chi connectivity index (χ0v) is 28.9. The fourth-order valence-corrected chi connectivity index (χ4v) is 6.10. The Balaban J connectivity index is 0.00000295. The minimum Gasteiger partial charge on any atom is -0.372 e. The minimum atomic E-state index is -0.824. The van der Waals surface area contributed by atoms with Gasteiger partial charge in [0.2, 0.25) is 18.2 Å². The second-order valence-corrected chi connectivity index (χ2v) is 15.7. The molecule has 5 atom stereocenters. The van der Waals surface area contributed by atoms with Crippen LogP contribution in [0.25, 0.3) is 0 Å². The van der Waals surface area contributed by atoms with Crippen molar-refractivity contribution in [3.05, 3.63) is 0 Å². The third-order valence-electron chi connectivity index (χ3n) is 8.23. The summed E-state index contributed by atoms with van der Waals surface area (Å²) in [6, 6.07) is -2.55. The predicted molar refractivity (Wildman–Crippen MR) is 173 cm³/mol. The van der Waals surface area contributed by atoms with E-state index in [0.29, 0.717) is 31.8 Å². The Kier molecular flexibility index (Phi) is 15.5. The van der Waals surface area contributed by atoms with Crippen LogP contribution in [-0.4, -0.2) is 89.3 Å². The van der Waals surface area contributed by atoms with Gasteiger partial charge >= 0.3 is 6.03 Å². The zero-order valence-electron chi connectivity index (χ0n) is 28.1. The Morgan fingerprint density at radius 3 is 2.07 bits per heavy atom. The molecule has 2 fully saturated rings. The molecule has 5 amide bonds. The van der Waals surface area contributed by atoms with E-state index in [1.807, 2.05) is 34.7 Å². The van der Waals surface area contributed by atoms with Crippen LogP contribution >= 0.6 is 11.9 Å². The van der Waals surface area contributed by atoms with Gasteiger partial charge in [0.25, 0.3) is 0 Å². The molecular formula is C31H58N6O5S. The number of carbonyl (C=O) groups excluding carboxylic acids is 5. The highest BCUT2D eigenvalue weighted by atomic mass is 32.2. The van der Waals surface area contributed by atoms with Crippen LogP contribution in [0.1, 0.15) is 94.4 Å². The van der Waals surface area contributed by atoms with Crippen molar-refractivity contribution in [2.45, 2.75) is 119 Å². The summed E-state index contributed by atoms with van der Waals surface area (Å²) < 4.78 is 2.12. The lowest BCUT2D eigenvalue weighted by atomic mass is 9.80. The van der Waals surface area contributed by atoms with Crippen LogP contribution in [0, 0.1) is 22.7 Å². The first kappa shape index (κ1) is 38.7. The Bertz CT molecular complexity index is 946. The van der Waals surface area contributed by atoms with E-state index < -0.39 is 29.6 Å². The summed E-state index contributed by atoms with van der Waals surface area (Å²) in [6.07, 6.45) is 4.79. The predicted octanol–water partition coefficient (Wildman–Crippen LogP) is 3.32. The Labute approximate surface area is 263 Å². The number of likely N-dealkylation sites (tertiary alicyclic amines) is 1. The van der Waals surface area contributed by atoms with E-state index in [9.17, 15) is 19.2 Å². The highest BCUT2D eigenvalue weighted by Gasteiger charge is 2.44. The normalized spacial score (nSPS) is 21.0. The van der Waals surface area contributed by atoms with Crippen molar-refractivity contribution in [2.75, 3.05) is 25.9 Å². The molecule has 0 bridgehead atoms. The van der Waals surface area contributed by atoms with Crippen LogP contribution in [0.5, 0.6) is 0 Å². The number of primary amides is 1. The molecule has 2 aliphatic rings. The third-order valence-corrected chi connectivity index (χ3v) is 9.07. The number of carbonyl (C=O) groups is 5. The maximum Gasteiger partial charge on any atom is 0.315 e. The summed E-state index contributed by atoms with van der Waals surface area (Å²) in [7, 11) is 2.01. The summed E-state index contributed by atoms with van der Waals surface area (Å²) in [4.78, 5) is 63.3. The number of amides is 5. The number of ketones is 1. The van der Waals surface area contributed by atoms with Gasteiger partial charge in [0.15, 0.2) is 5.78 Å². The van der Waals surface area contributed by atoms with Gasteiger partial charge in [-0.05, 0) is 49.5 Å². The zero-order chi connectivity index (χ0) is 33.1. The van der Waals surface area contributed by atoms with Crippen molar-refractivity contribution >= 4 is 42.0 Å². The molecule has 43 heavy (non-hydrogen) atoms. The van der Waals surface area contributed by atoms with E-state index in [1.54, 1.807) is 16.8 Å². The number of rotatable bonds is 12. The fourth-order valence-electron chi connectivity index (χ4n) is 5.41. The topological polar surface area (TPSA) is 154 Å². The molecule has 0 aromatic heterocycles. The molecule has 0 radical (unpaired) electrons. The van der Waals surface area contributed by atoms with Crippen molar-refractivity contribution in [3.63, 3.8) is 0 Å². The van der Waals surface area contributed by atoms with E-state index >= 15 is 0 Å². The van der Waals surface area contributed by atoms with E-state index in [-0.39, 0.29) is 41.4 Å². The molecule has 5 N–H and O–H groups in total. The van der Waals surface area contributed by atoms with Crippen molar-refractivity contribution in [2.24, 2.45) is 28.4 Å². The smallest absolute Gasteiger partial charge is 0.315 e. The first-order chi connectivity index (χ1) is 19.8. The average Bonchev–Trinajstić information content (AvgIpc) is 3.24. The largest absolute Gasteiger partial charge is 0.372 e. The first-order valence-electron chi connectivity index (χ1n) is 15.5. The second kappa shape index (κ2) is 17.2. The molecule has 0 aromatic rings. The van der Waals surface area contributed by atoms with Gasteiger partial charge in [-0.15, -0.1) is 0 Å². The minimum absolute atomic E-state index is 0.0496. The van der Waals surface area contributed by atoms with Crippen LogP contribution in [-0.2, 0) is 19.2 Å². The molecule has 1 heterocycles. The van der Waals surface area contributed by atoms with Gasteiger partial charge in [0, 0.05) is 24.9 Å². The number of likely N-dealkylation sites (N-methyl/N-ethyl adjacent to an activating group) is 1. The number of Topliss-reactive ketones (excluding diaryl/α,β-unsaturated/α-hetero) is 1. The molecule has 1 saturated heterocycles. The maximum absolute atomic E-state index is 14.0. The molecule has 5 unspecified atom stereocenters. The molecular weight excluding hydrogens is 568 g/mol. The summed E-state index contributed by atoms with van der Waals surface area (Å²) in [5, 5.41) is 9.04. The Hall–Kier alpha value is -2.34. The molecule has 2 rings (SSSR count). The van der Waals surface area contributed by atoms with Gasteiger partial charge in [0.1, 0.15) is 12.1 Å².